The molecule has 1 aromatic heterocycles. The van der Waals surface area contributed by atoms with E-state index in [1.54, 1.807) is 48.5 Å². The summed E-state index contributed by atoms with van der Waals surface area (Å²) in [6, 6.07) is 15.1. The van der Waals surface area contributed by atoms with E-state index in [9.17, 15) is 18.8 Å². The predicted molar refractivity (Wildman–Crippen MR) is 83.9 cm³/mol. The van der Waals surface area contributed by atoms with Gasteiger partial charge in [-0.05, 0) is 24.3 Å². The smallest absolute Gasteiger partial charge is 0.296 e. The van der Waals surface area contributed by atoms with Crippen LogP contribution in [-0.4, -0.2) is 16.7 Å². The minimum absolute atomic E-state index is 0.444. The van der Waals surface area contributed by atoms with Crippen molar-refractivity contribution >= 4 is 28.3 Å². The molecule has 2 aromatic carbocycles. The Morgan fingerprint density at radius 3 is 2.35 bits per heavy atom. The lowest BCUT2D eigenvalue weighted by molar-refractivity contribution is -0.112. The van der Waals surface area contributed by atoms with Crippen LogP contribution in [-0.2, 0) is 4.79 Å². The summed E-state index contributed by atoms with van der Waals surface area (Å²) >= 11 is 0. The van der Waals surface area contributed by atoms with E-state index < -0.39 is 23.1 Å². The number of anilines is 1. The number of ketones is 1. The zero-order valence-electron chi connectivity index (χ0n) is 11.8. The molecule has 23 heavy (non-hydrogen) atoms. The molecule has 1 amide bonds. The molecule has 2 N–H and O–H groups in total. The van der Waals surface area contributed by atoms with Crippen LogP contribution in [0.2, 0.25) is 0 Å². The highest BCUT2D eigenvalue weighted by atomic mass is 19.1. The normalized spacial score (nSPS) is 12.4. The molecule has 0 atom stereocenters. The maximum absolute atomic E-state index is 12.7. The van der Waals surface area contributed by atoms with Crippen molar-refractivity contribution in [3.63, 3.8) is 0 Å². The quantitative estimate of drug-likeness (QED) is 0.626. The molecule has 0 aliphatic carbocycles. The molecule has 2 heterocycles. The van der Waals surface area contributed by atoms with Crippen molar-refractivity contribution in [1.29, 1.82) is 0 Å². The highest BCUT2D eigenvalue weighted by molar-refractivity contribution is 6.51. The number of carbonyl (C=O) groups is 2. The molecule has 5 nitrogen and oxygen atoms in total. The first-order valence-corrected chi connectivity index (χ1v) is 6.78. The molecule has 1 aliphatic rings. The zero-order valence-corrected chi connectivity index (χ0v) is 11.8. The second kappa shape index (κ2) is 5.84. The Morgan fingerprint density at radius 2 is 1.57 bits per heavy atom. The summed E-state index contributed by atoms with van der Waals surface area (Å²) in [7, 11) is 0. The van der Waals surface area contributed by atoms with Crippen LogP contribution in [0.25, 0.3) is 10.9 Å². The van der Waals surface area contributed by atoms with Gasteiger partial charge in [0.1, 0.15) is 0 Å². The number of aromatic nitrogens is 1. The molecule has 6 heteroatoms. The van der Waals surface area contributed by atoms with Crippen molar-refractivity contribution in [2.75, 3.05) is 5.32 Å². The van der Waals surface area contributed by atoms with Crippen LogP contribution in [0, 0.1) is 5.82 Å². The van der Waals surface area contributed by atoms with E-state index in [0.29, 0.717) is 22.2 Å². The van der Waals surface area contributed by atoms with Crippen LogP contribution in [0.15, 0.2) is 59.4 Å². The minimum atomic E-state index is -0.742. The Hall–Kier alpha value is -3.28. The number of carbonyl (C=O) groups excluding carboxylic acids is 2. The predicted octanol–water partition coefficient (Wildman–Crippen LogP) is 2.49. The number of fused-ring (bicyclic) bond motifs is 2. The van der Waals surface area contributed by atoms with Gasteiger partial charge < -0.3 is 10.3 Å². The Balaban J connectivity index is 0.000000136. The van der Waals surface area contributed by atoms with E-state index in [1.807, 2.05) is 0 Å². The summed E-state index contributed by atoms with van der Waals surface area (Å²) < 4.78 is 12.7. The number of amides is 1. The fourth-order valence-corrected chi connectivity index (χ4v) is 2.21. The van der Waals surface area contributed by atoms with Gasteiger partial charge in [-0.3, -0.25) is 14.4 Å². The summed E-state index contributed by atoms with van der Waals surface area (Å²) in [6.07, 6.45) is 0. The van der Waals surface area contributed by atoms with Crippen LogP contribution in [0.1, 0.15) is 10.4 Å². The summed E-state index contributed by atoms with van der Waals surface area (Å²) in [5, 5.41) is 3.16. The van der Waals surface area contributed by atoms with Gasteiger partial charge >= 0.3 is 0 Å². The largest absolute Gasteiger partial charge is 0.319 e. The zero-order chi connectivity index (χ0) is 16.4. The summed E-state index contributed by atoms with van der Waals surface area (Å²) in [6.45, 7) is 0. The number of rotatable bonds is 0. The maximum atomic E-state index is 12.7. The minimum Gasteiger partial charge on any atom is -0.319 e. The fraction of sp³-hybridized carbons (Fsp3) is 0. The molecular weight excluding hydrogens is 299 g/mol. The molecule has 0 bridgehead atoms. The number of H-pyrrole nitrogens is 1. The van der Waals surface area contributed by atoms with Gasteiger partial charge in [0.05, 0.1) is 11.3 Å². The average molecular weight is 310 g/mol. The van der Waals surface area contributed by atoms with Gasteiger partial charge in [-0.15, -0.1) is 0 Å². The highest BCUT2D eigenvalue weighted by Crippen LogP contribution is 2.21. The molecule has 1 aliphatic heterocycles. The van der Waals surface area contributed by atoms with Crippen LogP contribution < -0.4 is 10.9 Å². The van der Waals surface area contributed by atoms with Crippen LogP contribution >= 0.6 is 0 Å². The van der Waals surface area contributed by atoms with Gasteiger partial charge in [-0.25, -0.2) is 4.39 Å². The highest BCUT2D eigenvalue weighted by Gasteiger charge is 2.26. The maximum Gasteiger partial charge on any atom is 0.296 e. The fourth-order valence-electron chi connectivity index (χ4n) is 2.21. The van der Waals surface area contributed by atoms with Gasteiger partial charge in [0.15, 0.2) is 5.82 Å². The number of hydrogen-bond donors (Lipinski definition) is 2. The Labute approximate surface area is 129 Å². The standard InChI is InChI=1S/C9H6FNO.C8H5NO2/c10-7-5-6-3-1-2-4-8(6)11-9(7)12;10-7-5-3-1-2-4-6(5)9-8(7)11/h1-5H,(H,11,12);1-4H,(H,9,10,11). The van der Waals surface area contributed by atoms with Gasteiger partial charge in [-0.2, -0.15) is 0 Å². The summed E-state index contributed by atoms with van der Waals surface area (Å²) in [5.74, 6) is -1.72. The van der Waals surface area contributed by atoms with Crippen molar-refractivity contribution in [3.05, 3.63) is 76.3 Å². The third-order valence-electron chi connectivity index (χ3n) is 3.33. The lowest BCUT2D eigenvalue weighted by atomic mass is 10.1. The molecule has 4 rings (SSSR count). The first-order valence-electron chi connectivity index (χ1n) is 6.78. The molecule has 0 spiro atoms. The number of para-hydroxylation sites is 2. The second-order valence-corrected chi connectivity index (χ2v) is 4.86. The lowest BCUT2D eigenvalue weighted by Crippen LogP contribution is -2.12. The third kappa shape index (κ3) is 2.87. The van der Waals surface area contributed by atoms with Crippen molar-refractivity contribution in [2.45, 2.75) is 0 Å². The van der Waals surface area contributed by atoms with E-state index >= 15 is 0 Å². The Bertz CT molecular complexity index is 979. The molecule has 0 saturated carbocycles. The average Bonchev–Trinajstić information content (AvgIpc) is 2.84. The number of hydrogen-bond acceptors (Lipinski definition) is 3. The van der Waals surface area contributed by atoms with Crippen molar-refractivity contribution in [3.8, 4) is 0 Å². The van der Waals surface area contributed by atoms with Crippen LogP contribution in [0.5, 0.6) is 0 Å². The van der Waals surface area contributed by atoms with E-state index in [-0.39, 0.29) is 0 Å². The number of aromatic amines is 1. The second-order valence-electron chi connectivity index (χ2n) is 4.86. The molecule has 0 saturated heterocycles. The lowest BCUT2D eigenvalue weighted by Gasteiger charge is -1.95. The van der Waals surface area contributed by atoms with E-state index in [0.717, 1.165) is 0 Å². The SMILES string of the molecule is O=C1Nc2ccccc2C1=O.O=c1[nH]c2ccccc2cc1F. The number of halogens is 1. The van der Waals surface area contributed by atoms with E-state index in [4.69, 9.17) is 0 Å². The number of pyridine rings is 1. The molecule has 0 fully saturated rings. The van der Waals surface area contributed by atoms with Gasteiger partial charge in [0.2, 0.25) is 0 Å². The monoisotopic (exact) mass is 310 g/mol. The van der Waals surface area contributed by atoms with E-state index in [2.05, 4.69) is 10.3 Å². The van der Waals surface area contributed by atoms with Gasteiger partial charge in [-0.1, -0.05) is 30.3 Å². The molecular formula is C17H11FN2O3. The van der Waals surface area contributed by atoms with Gasteiger partial charge in [0, 0.05) is 10.9 Å². The summed E-state index contributed by atoms with van der Waals surface area (Å²) in [5.41, 5.74) is 1.07. The third-order valence-corrected chi connectivity index (χ3v) is 3.33. The molecule has 0 radical (unpaired) electrons. The number of Topliss-reactive ketones (excluding diaryl/α,β-unsaturated/α-hetero) is 1. The molecule has 0 unspecified atom stereocenters. The first kappa shape index (κ1) is 14.6. The Kier molecular flexibility index (Phi) is 3.72. The van der Waals surface area contributed by atoms with Crippen molar-refractivity contribution in [1.82, 2.24) is 4.98 Å². The molecule has 114 valence electrons. The Morgan fingerprint density at radius 1 is 0.870 bits per heavy atom. The van der Waals surface area contributed by atoms with Crippen LogP contribution in [0.3, 0.4) is 0 Å². The number of benzene rings is 2. The first-order chi connectivity index (χ1) is 11.1. The van der Waals surface area contributed by atoms with E-state index in [1.165, 1.54) is 6.07 Å². The topological polar surface area (TPSA) is 79.0 Å². The molecule has 3 aromatic rings. The summed E-state index contributed by atoms with van der Waals surface area (Å²) in [4.78, 5) is 35.0. The number of nitrogens with one attached hydrogen (secondary N) is 2. The van der Waals surface area contributed by atoms with Gasteiger partial charge in [0.25, 0.3) is 17.2 Å². The van der Waals surface area contributed by atoms with Crippen LogP contribution in [0.4, 0.5) is 10.1 Å². The van der Waals surface area contributed by atoms with Crippen molar-refractivity contribution in [2.24, 2.45) is 0 Å². The van der Waals surface area contributed by atoms with Crippen molar-refractivity contribution < 1.29 is 14.0 Å².